The second kappa shape index (κ2) is 6.42. The van der Waals surface area contributed by atoms with Crippen molar-refractivity contribution in [2.45, 2.75) is 18.9 Å². The van der Waals surface area contributed by atoms with Gasteiger partial charge in [-0.15, -0.1) is 11.3 Å². The lowest BCUT2D eigenvalue weighted by molar-refractivity contribution is 0.0475. The lowest BCUT2D eigenvalue weighted by Crippen LogP contribution is -2.36. The van der Waals surface area contributed by atoms with Crippen LogP contribution in [-0.4, -0.2) is 41.9 Å². The van der Waals surface area contributed by atoms with Crippen LogP contribution in [0.15, 0.2) is 35.7 Å². The van der Waals surface area contributed by atoms with Crippen LogP contribution in [0.1, 0.15) is 43.2 Å². The van der Waals surface area contributed by atoms with Crippen molar-refractivity contribution in [2.75, 3.05) is 18.5 Å². The predicted molar refractivity (Wildman–Crippen MR) is 93.1 cm³/mol. The van der Waals surface area contributed by atoms with Crippen molar-refractivity contribution in [2.24, 2.45) is 0 Å². The maximum atomic E-state index is 12.6. The minimum Gasteiger partial charge on any atom is -0.376 e. The van der Waals surface area contributed by atoms with Crippen LogP contribution in [0.4, 0.5) is 5.69 Å². The van der Waals surface area contributed by atoms with E-state index in [0.717, 1.165) is 12.8 Å². The number of hydrogen-bond donors (Lipinski definition) is 1. The van der Waals surface area contributed by atoms with E-state index in [2.05, 4.69) is 5.32 Å². The number of rotatable bonds is 4. The first-order valence-electron chi connectivity index (χ1n) is 8.10. The van der Waals surface area contributed by atoms with Crippen molar-refractivity contribution in [1.82, 2.24) is 4.90 Å². The van der Waals surface area contributed by atoms with Crippen molar-refractivity contribution in [3.05, 3.63) is 51.7 Å². The van der Waals surface area contributed by atoms with Gasteiger partial charge < -0.3 is 10.1 Å². The zero-order valence-electron chi connectivity index (χ0n) is 13.4. The molecule has 1 aromatic heterocycles. The monoisotopic (exact) mass is 356 g/mol. The fraction of sp³-hybridized carbons (Fsp3) is 0.278. The van der Waals surface area contributed by atoms with Crippen molar-refractivity contribution in [3.63, 3.8) is 0 Å². The van der Waals surface area contributed by atoms with Crippen LogP contribution in [0.5, 0.6) is 0 Å². The van der Waals surface area contributed by atoms with Gasteiger partial charge >= 0.3 is 0 Å². The number of thiophene rings is 1. The van der Waals surface area contributed by atoms with Crippen LogP contribution in [0.3, 0.4) is 0 Å². The normalized spacial score (nSPS) is 19.4. The van der Waals surface area contributed by atoms with Gasteiger partial charge in [0.05, 0.1) is 28.7 Å². The molecule has 1 atom stereocenters. The number of amides is 3. The van der Waals surface area contributed by atoms with Gasteiger partial charge in [-0.05, 0) is 42.5 Å². The highest BCUT2D eigenvalue weighted by Crippen LogP contribution is 2.27. The summed E-state index contributed by atoms with van der Waals surface area (Å²) in [6, 6.07) is 8.33. The zero-order valence-corrected chi connectivity index (χ0v) is 14.2. The van der Waals surface area contributed by atoms with Gasteiger partial charge in [0.15, 0.2) is 0 Å². The number of nitrogens with one attached hydrogen (secondary N) is 1. The highest BCUT2D eigenvalue weighted by atomic mass is 32.1. The number of benzene rings is 1. The number of nitrogens with zero attached hydrogens (tertiary/aromatic N) is 1. The molecule has 128 valence electrons. The van der Waals surface area contributed by atoms with Crippen molar-refractivity contribution in [1.29, 1.82) is 0 Å². The molecule has 1 saturated heterocycles. The fourth-order valence-corrected chi connectivity index (χ4v) is 3.75. The Balaban J connectivity index is 1.53. The van der Waals surface area contributed by atoms with E-state index in [4.69, 9.17) is 4.74 Å². The van der Waals surface area contributed by atoms with Crippen LogP contribution >= 0.6 is 11.3 Å². The maximum absolute atomic E-state index is 12.6. The molecule has 3 amide bonds. The third-order valence-electron chi connectivity index (χ3n) is 4.38. The highest BCUT2D eigenvalue weighted by molar-refractivity contribution is 7.12. The maximum Gasteiger partial charge on any atom is 0.265 e. The summed E-state index contributed by atoms with van der Waals surface area (Å²) >= 11 is 1.34. The summed E-state index contributed by atoms with van der Waals surface area (Å²) in [6.07, 6.45) is 1.72. The molecule has 0 spiro atoms. The van der Waals surface area contributed by atoms with E-state index in [1.165, 1.54) is 16.2 Å². The summed E-state index contributed by atoms with van der Waals surface area (Å²) < 4.78 is 5.53. The SMILES string of the molecule is O=C(Nc1ccc2c(c1)C(=O)N(CC1CCCO1)C2=O)c1cccs1. The second-order valence-electron chi connectivity index (χ2n) is 6.05. The first-order valence-corrected chi connectivity index (χ1v) is 8.98. The van der Waals surface area contributed by atoms with Crippen molar-refractivity contribution in [3.8, 4) is 0 Å². The van der Waals surface area contributed by atoms with Gasteiger partial charge in [0, 0.05) is 12.3 Å². The number of hydrogen-bond acceptors (Lipinski definition) is 5. The predicted octanol–water partition coefficient (Wildman–Crippen LogP) is 2.78. The molecule has 6 nitrogen and oxygen atoms in total. The van der Waals surface area contributed by atoms with Crippen molar-refractivity contribution >= 4 is 34.7 Å². The molecule has 0 bridgehead atoms. The molecule has 1 aromatic carbocycles. The van der Waals surface area contributed by atoms with E-state index in [-0.39, 0.29) is 30.4 Å². The van der Waals surface area contributed by atoms with Gasteiger partial charge in [0.25, 0.3) is 17.7 Å². The summed E-state index contributed by atoms with van der Waals surface area (Å²) in [7, 11) is 0. The number of carbonyl (C=O) groups excluding carboxylic acids is 3. The molecule has 1 N–H and O–H groups in total. The molecule has 1 fully saturated rings. The third kappa shape index (κ3) is 2.96. The van der Waals surface area contributed by atoms with E-state index in [1.54, 1.807) is 30.3 Å². The van der Waals surface area contributed by atoms with E-state index >= 15 is 0 Å². The molecule has 2 aliphatic heterocycles. The van der Waals surface area contributed by atoms with Crippen LogP contribution < -0.4 is 5.32 Å². The van der Waals surface area contributed by atoms with Gasteiger partial charge in [0.1, 0.15) is 0 Å². The minimum atomic E-state index is -0.331. The van der Waals surface area contributed by atoms with Gasteiger partial charge in [-0.3, -0.25) is 19.3 Å². The Labute approximate surface area is 148 Å². The van der Waals surface area contributed by atoms with E-state index in [9.17, 15) is 14.4 Å². The summed E-state index contributed by atoms with van der Waals surface area (Å²) in [4.78, 5) is 39.0. The van der Waals surface area contributed by atoms with Gasteiger partial charge in [0.2, 0.25) is 0 Å². The molecule has 4 rings (SSSR count). The summed E-state index contributed by atoms with van der Waals surface area (Å²) in [6.45, 7) is 0.954. The summed E-state index contributed by atoms with van der Waals surface area (Å²) in [5, 5.41) is 4.58. The highest BCUT2D eigenvalue weighted by Gasteiger charge is 2.37. The second-order valence-corrected chi connectivity index (χ2v) is 7.00. The van der Waals surface area contributed by atoms with Crippen LogP contribution in [0.25, 0.3) is 0 Å². The molecule has 2 aliphatic rings. The van der Waals surface area contributed by atoms with E-state index in [0.29, 0.717) is 28.3 Å². The first-order chi connectivity index (χ1) is 12.1. The van der Waals surface area contributed by atoms with Gasteiger partial charge in [-0.1, -0.05) is 6.07 Å². The molecule has 7 heteroatoms. The number of imide groups is 1. The van der Waals surface area contributed by atoms with E-state index in [1.807, 2.05) is 5.38 Å². The molecule has 0 radical (unpaired) electrons. The quantitative estimate of drug-likeness (QED) is 0.855. The summed E-state index contributed by atoms with van der Waals surface area (Å²) in [5.74, 6) is -0.864. The molecule has 3 heterocycles. The molecule has 1 unspecified atom stereocenters. The van der Waals surface area contributed by atoms with Crippen LogP contribution in [0, 0.1) is 0 Å². The lowest BCUT2D eigenvalue weighted by atomic mass is 10.1. The average Bonchev–Trinajstić information content (AvgIpc) is 3.34. The van der Waals surface area contributed by atoms with Gasteiger partial charge in [-0.25, -0.2) is 0 Å². The standard InChI is InChI=1S/C18H16N2O4S/c21-16(15-4-2-8-25-15)19-11-5-6-13-14(9-11)18(23)20(17(13)22)10-12-3-1-7-24-12/h2,4-6,8-9,12H,1,3,7,10H2,(H,19,21). The minimum absolute atomic E-state index is 0.0831. The topological polar surface area (TPSA) is 75.7 Å². The largest absolute Gasteiger partial charge is 0.376 e. The van der Waals surface area contributed by atoms with Crippen LogP contribution in [-0.2, 0) is 4.74 Å². The number of carbonyl (C=O) groups is 3. The number of anilines is 1. The average molecular weight is 356 g/mol. The Kier molecular flexibility index (Phi) is 4.10. The lowest BCUT2D eigenvalue weighted by Gasteiger charge is -2.17. The number of fused-ring (bicyclic) bond motifs is 1. The van der Waals surface area contributed by atoms with E-state index < -0.39 is 0 Å². The first kappa shape index (κ1) is 16.0. The molecular weight excluding hydrogens is 340 g/mol. The zero-order chi connectivity index (χ0) is 17.4. The molecule has 2 aromatic rings. The smallest absolute Gasteiger partial charge is 0.265 e. The third-order valence-corrected chi connectivity index (χ3v) is 5.25. The fourth-order valence-electron chi connectivity index (χ4n) is 3.13. The van der Waals surface area contributed by atoms with Crippen LogP contribution in [0.2, 0.25) is 0 Å². The molecule has 0 saturated carbocycles. The Morgan fingerprint density at radius 3 is 2.80 bits per heavy atom. The van der Waals surface area contributed by atoms with Crippen molar-refractivity contribution < 1.29 is 19.1 Å². The Hall–Kier alpha value is -2.51. The Morgan fingerprint density at radius 2 is 2.08 bits per heavy atom. The number of ether oxygens (including phenoxy) is 1. The summed E-state index contributed by atoms with van der Waals surface area (Å²) in [5.41, 5.74) is 1.20. The Morgan fingerprint density at radius 1 is 1.24 bits per heavy atom. The Bertz CT molecular complexity index is 841. The van der Waals surface area contributed by atoms with Gasteiger partial charge in [-0.2, -0.15) is 0 Å². The molecule has 0 aliphatic carbocycles. The molecular formula is C18H16N2O4S. The molecule has 25 heavy (non-hydrogen) atoms.